The highest BCUT2D eigenvalue weighted by Gasteiger charge is 2.25. The number of aromatic amines is 1. The zero-order valence-electron chi connectivity index (χ0n) is 18.9. The van der Waals surface area contributed by atoms with Crippen LogP contribution in [0.25, 0.3) is 22.5 Å². The van der Waals surface area contributed by atoms with Crippen molar-refractivity contribution in [3.05, 3.63) is 59.2 Å². The fourth-order valence-electron chi connectivity index (χ4n) is 4.54. The number of nitrogens with zero attached hydrogens (tertiary/aromatic N) is 2. The number of hydrogen-bond donors (Lipinski definition) is 3. The number of H-pyrrole nitrogens is 1. The molecular formula is C26H32N4O2. The van der Waals surface area contributed by atoms with Crippen molar-refractivity contribution in [2.75, 3.05) is 26.2 Å². The summed E-state index contributed by atoms with van der Waals surface area (Å²) >= 11 is 0. The molecule has 32 heavy (non-hydrogen) atoms. The number of hydrogen-bond acceptors (Lipinski definition) is 4. The van der Waals surface area contributed by atoms with Crippen LogP contribution in [-0.4, -0.2) is 52.3 Å². The second-order valence-corrected chi connectivity index (χ2v) is 8.44. The molecule has 0 fully saturated rings. The summed E-state index contributed by atoms with van der Waals surface area (Å²) in [7, 11) is 0. The van der Waals surface area contributed by atoms with Gasteiger partial charge in [-0.05, 0) is 62.7 Å². The number of aromatic nitrogens is 2. The van der Waals surface area contributed by atoms with Gasteiger partial charge < -0.3 is 15.3 Å². The maximum absolute atomic E-state index is 12.8. The predicted octanol–water partition coefficient (Wildman–Crippen LogP) is 4.60. The van der Waals surface area contributed by atoms with Crippen LogP contribution < -0.4 is 5.32 Å². The van der Waals surface area contributed by atoms with Crippen LogP contribution in [0.5, 0.6) is 5.75 Å². The number of aromatic hydroxyl groups is 1. The number of fused-ring (bicyclic) bond motifs is 3. The van der Waals surface area contributed by atoms with E-state index in [1.54, 1.807) is 12.1 Å². The van der Waals surface area contributed by atoms with E-state index in [0.717, 1.165) is 67.8 Å². The van der Waals surface area contributed by atoms with Gasteiger partial charge in [-0.2, -0.15) is 5.10 Å². The monoisotopic (exact) mass is 432 g/mol. The van der Waals surface area contributed by atoms with Gasteiger partial charge >= 0.3 is 0 Å². The molecule has 6 heteroatoms. The quantitative estimate of drug-likeness (QED) is 0.320. The largest absolute Gasteiger partial charge is 0.507 e. The minimum atomic E-state index is -0.252. The van der Waals surface area contributed by atoms with Gasteiger partial charge in [-0.1, -0.05) is 38.1 Å². The van der Waals surface area contributed by atoms with Crippen LogP contribution in [0.15, 0.2) is 42.5 Å². The maximum Gasteiger partial charge on any atom is 0.255 e. The Hall–Kier alpha value is -3.12. The van der Waals surface area contributed by atoms with Crippen molar-refractivity contribution < 1.29 is 9.90 Å². The van der Waals surface area contributed by atoms with Crippen molar-refractivity contribution in [2.45, 2.75) is 39.5 Å². The van der Waals surface area contributed by atoms with Crippen LogP contribution in [0.2, 0.25) is 0 Å². The van der Waals surface area contributed by atoms with E-state index in [1.165, 1.54) is 11.1 Å². The Balaban J connectivity index is 1.44. The predicted molar refractivity (Wildman–Crippen MR) is 128 cm³/mol. The van der Waals surface area contributed by atoms with Crippen molar-refractivity contribution in [3.8, 4) is 28.3 Å². The second kappa shape index (κ2) is 10.0. The molecule has 4 rings (SSSR count). The number of carbonyl (C=O) groups is 1. The Morgan fingerprint density at radius 3 is 2.69 bits per heavy atom. The molecule has 2 aromatic carbocycles. The molecule has 0 saturated carbocycles. The fraction of sp³-hybridized carbons (Fsp3) is 0.385. The molecule has 0 atom stereocenters. The molecule has 0 unspecified atom stereocenters. The summed E-state index contributed by atoms with van der Waals surface area (Å²) in [5.74, 6) is -0.266. The first-order valence-electron chi connectivity index (χ1n) is 11.6. The molecular weight excluding hydrogens is 400 g/mol. The fourth-order valence-corrected chi connectivity index (χ4v) is 4.54. The van der Waals surface area contributed by atoms with Crippen molar-refractivity contribution in [2.24, 2.45) is 0 Å². The average Bonchev–Trinajstić information content (AvgIpc) is 3.36. The van der Waals surface area contributed by atoms with Crippen molar-refractivity contribution in [3.63, 3.8) is 0 Å². The molecule has 3 aromatic rings. The molecule has 1 heterocycles. The zero-order chi connectivity index (χ0) is 22.5. The Morgan fingerprint density at radius 2 is 1.91 bits per heavy atom. The Morgan fingerprint density at radius 1 is 1.12 bits per heavy atom. The van der Waals surface area contributed by atoms with Gasteiger partial charge in [0, 0.05) is 29.7 Å². The topological polar surface area (TPSA) is 81.2 Å². The lowest BCUT2D eigenvalue weighted by molar-refractivity contribution is 0.0949. The molecule has 0 bridgehead atoms. The van der Waals surface area contributed by atoms with Crippen molar-refractivity contribution in [1.29, 1.82) is 0 Å². The van der Waals surface area contributed by atoms with Gasteiger partial charge in [0.1, 0.15) is 5.75 Å². The lowest BCUT2D eigenvalue weighted by Crippen LogP contribution is -2.31. The third-order valence-electron chi connectivity index (χ3n) is 6.05. The molecule has 1 aliphatic carbocycles. The van der Waals surface area contributed by atoms with E-state index in [-0.39, 0.29) is 17.2 Å². The smallest absolute Gasteiger partial charge is 0.255 e. The SMILES string of the molecule is CCCN(CCC)CCCNC(=O)c1cc(-c2n[nH]c3c2Cc2ccccc2-3)ccc1O. The summed E-state index contributed by atoms with van der Waals surface area (Å²) in [5, 5.41) is 21.0. The summed E-state index contributed by atoms with van der Waals surface area (Å²) in [4.78, 5) is 15.2. The number of amides is 1. The highest BCUT2D eigenvalue weighted by atomic mass is 16.3. The third-order valence-corrected chi connectivity index (χ3v) is 6.05. The molecule has 1 aromatic heterocycles. The normalized spacial score (nSPS) is 12.1. The Bertz CT molecular complexity index is 1080. The summed E-state index contributed by atoms with van der Waals surface area (Å²) in [5.41, 5.74) is 6.57. The summed E-state index contributed by atoms with van der Waals surface area (Å²) < 4.78 is 0. The lowest BCUT2D eigenvalue weighted by atomic mass is 10.0. The lowest BCUT2D eigenvalue weighted by Gasteiger charge is -2.20. The number of benzene rings is 2. The maximum atomic E-state index is 12.8. The number of rotatable bonds is 10. The average molecular weight is 433 g/mol. The van der Waals surface area contributed by atoms with Gasteiger partial charge in [0.15, 0.2) is 0 Å². The van der Waals surface area contributed by atoms with Crippen molar-refractivity contribution in [1.82, 2.24) is 20.4 Å². The van der Waals surface area contributed by atoms with Gasteiger partial charge in [-0.15, -0.1) is 0 Å². The molecule has 0 saturated heterocycles. The van der Waals surface area contributed by atoms with Crippen LogP contribution in [0.1, 0.15) is 54.6 Å². The third kappa shape index (κ3) is 4.55. The van der Waals surface area contributed by atoms with Crippen LogP contribution in [0.4, 0.5) is 0 Å². The summed E-state index contributed by atoms with van der Waals surface area (Å²) in [6.07, 6.45) is 3.97. The molecule has 0 spiro atoms. The summed E-state index contributed by atoms with van der Waals surface area (Å²) in [6.45, 7) is 8.10. The first-order chi connectivity index (χ1) is 15.6. The minimum Gasteiger partial charge on any atom is -0.507 e. The second-order valence-electron chi connectivity index (χ2n) is 8.44. The standard InChI is InChI=1S/C26H32N4O2/c1-3-13-30(14-4-2)15-7-12-27-26(32)21-17-19(10-11-23(21)31)24-22-16-18-8-5-6-9-20(18)25(22)29-28-24/h5-6,8-11,17,31H,3-4,7,12-16H2,1-2H3,(H,27,32)(H,28,29). The van der Waals surface area contributed by atoms with E-state index >= 15 is 0 Å². The Kier molecular flexibility index (Phi) is 6.90. The molecule has 168 valence electrons. The zero-order valence-corrected chi connectivity index (χ0v) is 18.9. The number of phenols is 1. The Labute approximate surface area is 189 Å². The van der Waals surface area contributed by atoms with Crippen LogP contribution in [0.3, 0.4) is 0 Å². The molecule has 1 aliphatic rings. The van der Waals surface area contributed by atoms with E-state index in [1.807, 2.05) is 18.2 Å². The minimum absolute atomic E-state index is 0.0136. The number of nitrogens with one attached hydrogen (secondary N) is 2. The highest BCUT2D eigenvalue weighted by molar-refractivity contribution is 5.98. The number of phenolic OH excluding ortho intramolecular Hbond substituents is 1. The number of carbonyl (C=O) groups excluding carboxylic acids is 1. The van der Waals surface area contributed by atoms with Crippen molar-refractivity contribution >= 4 is 5.91 Å². The molecule has 0 aliphatic heterocycles. The van der Waals surface area contributed by atoms with E-state index in [4.69, 9.17) is 0 Å². The van der Waals surface area contributed by atoms with Gasteiger partial charge in [0.25, 0.3) is 5.91 Å². The van der Waals surface area contributed by atoms with Gasteiger partial charge in [-0.3, -0.25) is 9.89 Å². The van der Waals surface area contributed by atoms with Gasteiger partial charge in [-0.25, -0.2) is 0 Å². The van der Waals surface area contributed by atoms with Crippen LogP contribution >= 0.6 is 0 Å². The summed E-state index contributed by atoms with van der Waals surface area (Å²) in [6, 6.07) is 13.4. The van der Waals surface area contributed by atoms with Crippen LogP contribution in [-0.2, 0) is 6.42 Å². The van der Waals surface area contributed by atoms with E-state index in [2.05, 4.69) is 46.4 Å². The highest BCUT2D eigenvalue weighted by Crippen LogP contribution is 2.40. The van der Waals surface area contributed by atoms with Crippen LogP contribution in [0, 0.1) is 0 Å². The molecule has 1 amide bonds. The molecule has 3 N–H and O–H groups in total. The molecule has 6 nitrogen and oxygen atoms in total. The van der Waals surface area contributed by atoms with Gasteiger partial charge in [0.2, 0.25) is 0 Å². The van der Waals surface area contributed by atoms with Gasteiger partial charge in [0.05, 0.1) is 17.0 Å². The van der Waals surface area contributed by atoms with E-state index < -0.39 is 0 Å². The van der Waals surface area contributed by atoms with E-state index in [9.17, 15) is 9.90 Å². The molecule has 0 radical (unpaired) electrons. The first kappa shape index (κ1) is 22.1. The van der Waals surface area contributed by atoms with E-state index in [0.29, 0.717) is 6.54 Å². The first-order valence-corrected chi connectivity index (χ1v) is 11.6.